The van der Waals surface area contributed by atoms with Crippen LogP contribution >= 0.6 is 0 Å². The van der Waals surface area contributed by atoms with Crippen LogP contribution in [0.25, 0.3) is 0 Å². The summed E-state index contributed by atoms with van der Waals surface area (Å²) in [6.07, 6.45) is 2.78. The van der Waals surface area contributed by atoms with E-state index >= 15 is 0 Å². The molecule has 1 aromatic carbocycles. The maximum absolute atomic E-state index is 11.8. The van der Waals surface area contributed by atoms with Crippen LogP contribution in [-0.2, 0) is 9.53 Å². The number of carbonyl (C=O) groups excluding carboxylic acids is 1. The summed E-state index contributed by atoms with van der Waals surface area (Å²) < 4.78 is 5.13. The van der Waals surface area contributed by atoms with Crippen molar-refractivity contribution in [1.29, 1.82) is 0 Å². The Morgan fingerprint density at radius 2 is 2.00 bits per heavy atom. The highest BCUT2D eigenvalue weighted by Gasteiger charge is 2.27. The Morgan fingerprint density at radius 1 is 1.32 bits per heavy atom. The van der Waals surface area contributed by atoms with E-state index in [0.717, 1.165) is 25.9 Å². The molecule has 1 atom stereocenters. The molecule has 1 saturated heterocycles. The van der Waals surface area contributed by atoms with E-state index in [1.165, 1.54) is 5.56 Å². The minimum absolute atomic E-state index is 0.0742. The third-order valence-corrected chi connectivity index (χ3v) is 3.87. The standard InChI is InChI=1S/C16H23NO2/c1-2-19-16(18)12-15(13-6-4-3-5-7-13)14-8-10-17-11-9-14/h3-7,14-15,17H,2,8-12H2,1H3. The van der Waals surface area contributed by atoms with Crippen LogP contribution in [0.15, 0.2) is 30.3 Å². The number of benzene rings is 1. The van der Waals surface area contributed by atoms with Crippen LogP contribution < -0.4 is 5.32 Å². The third-order valence-electron chi connectivity index (χ3n) is 3.87. The van der Waals surface area contributed by atoms with Gasteiger partial charge in [0.05, 0.1) is 13.0 Å². The van der Waals surface area contributed by atoms with Crippen LogP contribution in [-0.4, -0.2) is 25.7 Å². The maximum atomic E-state index is 11.8. The highest BCUT2D eigenvalue weighted by molar-refractivity contribution is 5.70. The number of piperidine rings is 1. The average molecular weight is 261 g/mol. The first-order chi connectivity index (χ1) is 9.31. The first-order valence-corrected chi connectivity index (χ1v) is 7.22. The third kappa shape index (κ3) is 4.06. The largest absolute Gasteiger partial charge is 0.466 e. The van der Waals surface area contributed by atoms with E-state index in [9.17, 15) is 4.79 Å². The summed E-state index contributed by atoms with van der Waals surface area (Å²) in [6.45, 7) is 4.43. The van der Waals surface area contributed by atoms with Crippen molar-refractivity contribution in [3.05, 3.63) is 35.9 Å². The maximum Gasteiger partial charge on any atom is 0.306 e. The van der Waals surface area contributed by atoms with Crippen molar-refractivity contribution in [3.8, 4) is 0 Å². The second-order valence-corrected chi connectivity index (χ2v) is 5.11. The molecule has 3 heteroatoms. The van der Waals surface area contributed by atoms with Gasteiger partial charge in [-0.2, -0.15) is 0 Å². The number of hydrogen-bond acceptors (Lipinski definition) is 3. The molecule has 104 valence electrons. The Hall–Kier alpha value is -1.35. The smallest absolute Gasteiger partial charge is 0.306 e. The van der Waals surface area contributed by atoms with Gasteiger partial charge in [-0.15, -0.1) is 0 Å². The van der Waals surface area contributed by atoms with Gasteiger partial charge in [0.25, 0.3) is 0 Å². The van der Waals surface area contributed by atoms with Gasteiger partial charge in [0, 0.05) is 0 Å². The lowest BCUT2D eigenvalue weighted by Gasteiger charge is -2.30. The average Bonchev–Trinajstić information content (AvgIpc) is 2.47. The van der Waals surface area contributed by atoms with Crippen LogP contribution in [0, 0.1) is 5.92 Å². The quantitative estimate of drug-likeness (QED) is 0.828. The molecule has 0 radical (unpaired) electrons. The first kappa shape index (κ1) is 14.1. The minimum atomic E-state index is -0.0742. The van der Waals surface area contributed by atoms with Gasteiger partial charge in [0.15, 0.2) is 0 Å². The summed E-state index contributed by atoms with van der Waals surface area (Å²) in [6, 6.07) is 10.4. The van der Waals surface area contributed by atoms with Crippen molar-refractivity contribution in [2.75, 3.05) is 19.7 Å². The monoisotopic (exact) mass is 261 g/mol. The van der Waals surface area contributed by atoms with E-state index < -0.39 is 0 Å². The highest BCUT2D eigenvalue weighted by atomic mass is 16.5. The van der Waals surface area contributed by atoms with Gasteiger partial charge in [-0.1, -0.05) is 30.3 Å². The molecule has 19 heavy (non-hydrogen) atoms. The van der Waals surface area contributed by atoms with Crippen molar-refractivity contribution in [1.82, 2.24) is 5.32 Å². The van der Waals surface area contributed by atoms with Crippen LogP contribution in [0.1, 0.15) is 37.7 Å². The number of nitrogens with one attached hydrogen (secondary N) is 1. The lowest BCUT2D eigenvalue weighted by Crippen LogP contribution is -2.31. The molecule has 2 rings (SSSR count). The molecular formula is C16H23NO2. The van der Waals surface area contributed by atoms with E-state index in [0.29, 0.717) is 24.9 Å². The summed E-state index contributed by atoms with van der Waals surface area (Å²) in [5.41, 5.74) is 1.27. The van der Waals surface area contributed by atoms with E-state index in [-0.39, 0.29) is 5.97 Å². The molecule has 0 aliphatic carbocycles. The Bertz CT molecular complexity index is 385. The number of carbonyl (C=O) groups is 1. The summed E-state index contributed by atoms with van der Waals surface area (Å²) in [5, 5.41) is 3.38. The predicted molar refractivity (Wildman–Crippen MR) is 76.0 cm³/mol. The molecule has 0 amide bonds. The second kappa shape index (κ2) is 7.29. The Kier molecular flexibility index (Phi) is 5.40. The zero-order valence-electron chi connectivity index (χ0n) is 11.6. The molecule has 1 aromatic rings. The van der Waals surface area contributed by atoms with Crippen LogP contribution in [0.2, 0.25) is 0 Å². The van der Waals surface area contributed by atoms with E-state index in [1.807, 2.05) is 13.0 Å². The van der Waals surface area contributed by atoms with E-state index in [2.05, 4.69) is 29.6 Å². The van der Waals surface area contributed by atoms with Crippen molar-refractivity contribution >= 4 is 5.97 Å². The van der Waals surface area contributed by atoms with Gasteiger partial charge in [-0.05, 0) is 50.3 Å². The second-order valence-electron chi connectivity index (χ2n) is 5.11. The minimum Gasteiger partial charge on any atom is -0.466 e. The van der Waals surface area contributed by atoms with Crippen LogP contribution in [0.4, 0.5) is 0 Å². The van der Waals surface area contributed by atoms with E-state index in [1.54, 1.807) is 0 Å². The number of hydrogen-bond donors (Lipinski definition) is 1. The Labute approximate surface area is 115 Å². The number of ether oxygens (including phenoxy) is 1. The molecule has 0 saturated carbocycles. The fourth-order valence-corrected chi connectivity index (χ4v) is 2.90. The van der Waals surface area contributed by atoms with Gasteiger partial charge in [-0.25, -0.2) is 0 Å². The molecule has 0 bridgehead atoms. The fourth-order valence-electron chi connectivity index (χ4n) is 2.90. The van der Waals surface area contributed by atoms with Crippen LogP contribution in [0.3, 0.4) is 0 Å². The molecule has 1 aliphatic rings. The summed E-state index contributed by atoms with van der Waals surface area (Å²) in [5.74, 6) is 0.797. The van der Waals surface area contributed by atoms with Crippen molar-refractivity contribution in [2.24, 2.45) is 5.92 Å². The zero-order valence-corrected chi connectivity index (χ0v) is 11.6. The van der Waals surface area contributed by atoms with Crippen molar-refractivity contribution in [3.63, 3.8) is 0 Å². The molecule has 3 nitrogen and oxygen atoms in total. The zero-order chi connectivity index (χ0) is 13.5. The lowest BCUT2D eigenvalue weighted by atomic mass is 9.78. The Balaban J connectivity index is 2.10. The molecular weight excluding hydrogens is 238 g/mol. The van der Waals surface area contributed by atoms with Crippen LogP contribution in [0.5, 0.6) is 0 Å². The highest BCUT2D eigenvalue weighted by Crippen LogP contribution is 2.34. The lowest BCUT2D eigenvalue weighted by molar-refractivity contribution is -0.143. The SMILES string of the molecule is CCOC(=O)CC(c1ccccc1)C1CCNCC1. The molecule has 0 spiro atoms. The van der Waals surface area contributed by atoms with Gasteiger partial charge < -0.3 is 10.1 Å². The van der Waals surface area contributed by atoms with Gasteiger partial charge in [-0.3, -0.25) is 4.79 Å². The predicted octanol–water partition coefficient (Wildman–Crippen LogP) is 2.72. The van der Waals surface area contributed by atoms with E-state index in [4.69, 9.17) is 4.74 Å². The Morgan fingerprint density at radius 3 is 2.63 bits per heavy atom. The molecule has 1 heterocycles. The van der Waals surface area contributed by atoms with Crippen molar-refractivity contribution < 1.29 is 9.53 Å². The normalized spacial score (nSPS) is 17.9. The van der Waals surface area contributed by atoms with Gasteiger partial charge >= 0.3 is 5.97 Å². The number of esters is 1. The summed E-state index contributed by atoms with van der Waals surface area (Å²) >= 11 is 0. The molecule has 1 fully saturated rings. The number of rotatable bonds is 5. The van der Waals surface area contributed by atoms with Crippen molar-refractivity contribution in [2.45, 2.75) is 32.1 Å². The summed E-state index contributed by atoms with van der Waals surface area (Å²) in [4.78, 5) is 11.8. The molecule has 1 N–H and O–H groups in total. The summed E-state index contributed by atoms with van der Waals surface area (Å²) in [7, 11) is 0. The fraction of sp³-hybridized carbons (Fsp3) is 0.562. The molecule has 0 aromatic heterocycles. The van der Waals surface area contributed by atoms with Gasteiger partial charge in [0.1, 0.15) is 0 Å². The van der Waals surface area contributed by atoms with Gasteiger partial charge in [0.2, 0.25) is 0 Å². The topological polar surface area (TPSA) is 38.3 Å². The molecule has 1 unspecified atom stereocenters. The first-order valence-electron chi connectivity index (χ1n) is 7.22. The molecule has 1 aliphatic heterocycles.